The van der Waals surface area contributed by atoms with Gasteiger partial charge in [-0.1, -0.05) is 55.9 Å². The molecule has 4 aromatic rings. The summed E-state index contributed by atoms with van der Waals surface area (Å²) in [5.41, 5.74) is 7.64. The fraction of sp³-hybridized carbons (Fsp3) is 0.200. The highest BCUT2D eigenvalue weighted by molar-refractivity contribution is 7.99. The summed E-state index contributed by atoms with van der Waals surface area (Å²) in [5, 5.41) is 9.58. The monoisotopic (exact) mass is 393 g/mol. The number of rotatable bonds is 5. The fourth-order valence-electron chi connectivity index (χ4n) is 3.30. The summed E-state index contributed by atoms with van der Waals surface area (Å²) in [4.78, 5) is 24.6. The standard InChI is InChI=1S/C20H19N5O2S/c1-12(2)13-7-3-5-9-15(13)24-18(27)14-8-4-6-10-16(14)25-19(24)22-23-20(25)28-11-17(21)26/h3-10,12H,11H2,1-2H3,(H2,21,26). The molecule has 142 valence electrons. The molecular formula is C20H19N5O2S. The van der Waals surface area contributed by atoms with Gasteiger partial charge in [-0.05, 0) is 29.7 Å². The normalized spacial score (nSPS) is 11.5. The lowest BCUT2D eigenvalue weighted by molar-refractivity contribution is -0.115. The molecule has 2 aromatic heterocycles. The van der Waals surface area contributed by atoms with Crippen molar-refractivity contribution in [3.8, 4) is 5.69 Å². The van der Waals surface area contributed by atoms with Gasteiger partial charge in [0, 0.05) is 0 Å². The molecule has 0 fully saturated rings. The summed E-state index contributed by atoms with van der Waals surface area (Å²) < 4.78 is 3.40. The van der Waals surface area contributed by atoms with Crippen molar-refractivity contribution >= 4 is 34.3 Å². The van der Waals surface area contributed by atoms with Crippen LogP contribution in [0.1, 0.15) is 25.3 Å². The van der Waals surface area contributed by atoms with Crippen molar-refractivity contribution in [1.82, 2.24) is 19.2 Å². The number of para-hydroxylation sites is 2. The maximum Gasteiger partial charge on any atom is 0.267 e. The largest absolute Gasteiger partial charge is 0.369 e. The minimum Gasteiger partial charge on any atom is -0.369 e. The highest BCUT2D eigenvalue weighted by atomic mass is 32.2. The van der Waals surface area contributed by atoms with E-state index in [2.05, 4.69) is 24.0 Å². The zero-order valence-electron chi connectivity index (χ0n) is 15.5. The molecule has 7 nitrogen and oxygen atoms in total. The topological polar surface area (TPSA) is 95.3 Å². The maximum absolute atomic E-state index is 13.4. The Labute approximate surface area is 165 Å². The van der Waals surface area contributed by atoms with Gasteiger partial charge in [-0.25, -0.2) is 4.57 Å². The molecule has 0 atom stereocenters. The van der Waals surface area contributed by atoms with Gasteiger partial charge in [0.05, 0.1) is 22.3 Å². The maximum atomic E-state index is 13.4. The van der Waals surface area contributed by atoms with E-state index in [1.807, 2.05) is 42.5 Å². The lowest BCUT2D eigenvalue weighted by atomic mass is 10.0. The number of aromatic nitrogens is 4. The van der Waals surface area contributed by atoms with E-state index in [9.17, 15) is 9.59 Å². The third kappa shape index (κ3) is 2.95. The van der Waals surface area contributed by atoms with Crippen LogP contribution in [-0.4, -0.2) is 30.8 Å². The molecule has 2 N–H and O–H groups in total. The van der Waals surface area contributed by atoms with Crippen molar-refractivity contribution in [3.05, 3.63) is 64.4 Å². The third-order valence-corrected chi connectivity index (χ3v) is 5.49. The second-order valence-corrected chi connectivity index (χ2v) is 7.69. The lowest BCUT2D eigenvalue weighted by Crippen LogP contribution is -2.23. The van der Waals surface area contributed by atoms with Crippen molar-refractivity contribution in [3.63, 3.8) is 0 Å². The van der Waals surface area contributed by atoms with Crippen LogP contribution >= 0.6 is 11.8 Å². The molecule has 2 aromatic carbocycles. The molecular weight excluding hydrogens is 374 g/mol. The van der Waals surface area contributed by atoms with Crippen molar-refractivity contribution in [2.45, 2.75) is 24.9 Å². The van der Waals surface area contributed by atoms with Crippen LogP contribution in [0.4, 0.5) is 0 Å². The number of fused-ring (bicyclic) bond motifs is 3. The van der Waals surface area contributed by atoms with E-state index in [1.165, 1.54) is 11.8 Å². The first-order valence-corrected chi connectivity index (χ1v) is 9.87. The molecule has 1 amide bonds. The predicted octanol–water partition coefficient (Wildman–Crippen LogP) is 2.73. The molecule has 0 aliphatic carbocycles. The van der Waals surface area contributed by atoms with Crippen LogP contribution in [0, 0.1) is 0 Å². The molecule has 0 bridgehead atoms. The number of nitrogens with two attached hydrogens (primary N) is 1. The number of benzene rings is 2. The van der Waals surface area contributed by atoms with Gasteiger partial charge in [0.2, 0.25) is 11.7 Å². The van der Waals surface area contributed by atoms with E-state index < -0.39 is 5.91 Å². The number of hydrogen-bond acceptors (Lipinski definition) is 5. The van der Waals surface area contributed by atoms with Crippen LogP contribution in [0.2, 0.25) is 0 Å². The van der Waals surface area contributed by atoms with E-state index in [1.54, 1.807) is 15.0 Å². The average molecular weight is 393 g/mol. The van der Waals surface area contributed by atoms with Crippen LogP contribution in [0.5, 0.6) is 0 Å². The summed E-state index contributed by atoms with van der Waals surface area (Å²) in [6.07, 6.45) is 0. The molecule has 28 heavy (non-hydrogen) atoms. The van der Waals surface area contributed by atoms with Gasteiger partial charge in [0.1, 0.15) is 0 Å². The second-order valence-electron chi connectivity index (χ2n) is 6.74. The first kappa shape index (κ1) is 18.2. The Kier molecular flexibility index (Phi) is 4.64. The minimum atomic E-state index is -0.440. The van der Waals surface area contributed by atoms with E-state index in [-0.39, 0.29) is 17.2 Å². The first-order chi connectivity index (χ1) is 13.5. The molecule has 8 heteroatoms. The number of nitrogens with zero attached hydrogens (tertiary/aromatic N) is 4. The van der Waals surface area contributed by atoms with Crippen LogP contribution < -0.4 is 11.3 Å². The van der Waals surface area contributed by atoms with E-state index >= 15 is 0 Å². The van der Waals surface area contributed by atoms with Crippen LogP contribution in [0.25, 0.3) is 22.4 Å². The predicted molar refractivity (Wildman–Crippen MR) is 110 cm³/mol. The van der Waals surface area contributed by atoms with Gasteiger partial charge in [0.25, 0.3) is 5.56 Å². The summed E-state index contributed by atoms with van der Waals surface area (Å²) in [5.74, 6) is 0.270. The number of carbonyl (C=O) groups excluding carboxylic acids is 1. The molecule has 0 radical (unpaired) electrons. The highest BCUT2D eigenvalue weighted by Gasteiger charge is 2.20. The van der Waals surface area contributed by atoms with Gasteiger partial charge in [-0.2, -0.15) is 0 Å². The first-order valence-electron chi connectivity index (χ1n) is 8.88. The third-order valence-electron chi connectivity index (χ3n) is 4.54. The van der Waals surface area contributed by atoms with E-state index in [0.717, 1.165) is 11.3 Å². The Morgan fingerprint density at radius 2 is 1.82 bits per heavy atom. The van der Waals surface area contributed by atoms with Crippen molar-refractivity contribution in [1.29, 1.82) is 0 Å². The van der Waals surface area contributed by atoms with Gasteiger partial charge < -0.3 is 5.73 Å². The van der Waals surface area contributed by atoms with Crippen molar-refractivity contribution < 1.29 is 4.79 Å². The van der Waals surface area contributed by atoms with E-state index in [4.69, 9.17) is 5.73 Å². The number of primary amides is 1. The quantitative estimate of drug-likeness (QED) is 0.526. The van der Waals surface area contributed by atoms with E-state index in [0.29, 0.717) is 21.8 Å². The molecule has 2 heterocycles. The van der Waals surface area contributed by atoms with Gasteiger partial charge in [-0.3, -0.25) is 14.0 Å². The summed E-state index contributed by atoms with van der Waals surface area (Å²) >= 11 is 1.20. The number of amides is 1. The summed E-state index contributed by atoms with van der Waals surface area (Å²) in [6, 6.07) is 15.1. The summed E-state index contributed by atoms with van der Waals surface area (Å²) in [7, 11) is 0. The second kappa shape index (κ2) is 7.12. The Morgan fingerprint density at radius 1 is 1.11 bits per heavy atom. The molecule has 0 aliphatic heterocycles. The molecule has 0 spiro atoms. The van der Waals surface area contributed by atoms with Crippen LogP contribution in [-0.2, 0) is 4.79 Å². The zero-order valence-corrected chi connectivity index (χ0v) is 16.3. The fourth-order valence-corrected chi connectivity index (χ4v) is 3.98. The van der Waals surface area contributed by atoms with Gasteiger partial charge in [-0.15, -0.1) is 10.2 Å². The molecule has 4 rings (SSSR count). The number of hydrogen-bond donors (Lipinski definition) is 1. The van der Waals surface area contributed by atoms with Crippen LogP contribution in [0.3, 0.4) is 0 Å². The Balaban J connectivity index is 2.11. The summed E-state index contributed by atoms with van der Waals surface area (Å²) in [6.45, 7) is 4.17. The number of thioether (sulfide) groups is 1. The Morgan fingerprint density at radius 3 is 2.57 bits per heavy atom. The molecule has 0 unspecified atom stereocenters. The Hall–Kier alpha value is -3.13. The highest BCUT2D eigenvalue weighted by Crippen LogP contribution is 2.26. The zero-order chi connectivity index (χ0) is 19.8. The SMILES string of the molecule is CC(C)c1ccccc1-n1c(=O)c2ccccc2n2c(SCC(N)=O)nnc12. The van der Waals surface area contributed by atoms with Crippen molar-refractivity contribution in [2.24, 2.45) is 5.73 Å². The smallest absolute Gasteiger partial charge is 0.267 e. The van der Waals surface area contributed by atoms with Gasteiger partial charge >= 0.3 is 0 Å². The number of carbonyl (C=O) groups is 1. The minimum absolute atomic E-state index is 0.0802. The Bertz CT molecular complexity index is 1260. The molecule has 0 aliphatic rings. The molecule has 0 saturated heterocycles. The van der Waals surface area contributed by atoms with Gasteiger partial charge in [0.15, 0.2) is 5.16 Å². The molecule has 0 saturated carbocycles. The van der Waals surface area contributed by atoms with Crippen LogP contribution in [0.15, 0.2) is 58.5 Å². The average Bonchev–Trinajstić information content (AvgIpc) is 3.10. The lowest BCUT2D eigenvalue weighted by Gasteiger charge is -2.16. The van der Waals surface area contributed by atoms with Crippen molar-refractivity contribution in [2.75, 3.05) is 5.75 Å².